The lowest BCUT2D eigenvalue weighted by molar-refractivity contribution is 0.599. The minimum absolute atomic E-state index is 0.0683. The monoisotopic (exact) mass is 197 g/mol. The average molecular weight is 197 g/mol. The van der Waals surface area contributed by atoms with Gasteiger partial charge in [-0.2, -0.15) is 0 Å². The van der Waals surface area contributed by atoms with E-state index in [-0.39, 0.29) is 5.03 Å². The molecule has 5 nitrogen and oxygen atoms in total. The highest BCUT2D eigenvalue weighted by atomic mass is 32.2. The Morgan fingerprint density at radius 1 is 1.38 bits per heavy atom. The molecule has 2 rings (SSSR count). The molecule has 2 aromatic heterocycles. The van der Waals surface area contributed by atoms with Crippen molar-refractivity contribution in [1.82, 2.24) is 15.0 Å². The van der Waals surface area contributed by atoms with Crippen molar-refractivity contribution in [3.8, 4) is 0 Å². The largest absolute Gasteiger partial charge is 0.346 e. The molecule has 2 heterocycles. The summed E-state index contributed by atoms with van der Waals surface area (Å²) in [5, 5.41) is 0.601. The quantitative estimate of drug-likeness (QED) is 0.670. The minimum atomic E-state index is -3.27. The van der Waals surface area contributed by atoms with Crippen molar-refractivity contribution in [2.75, 3.05) is 6.26 Å². The number of aromatic amines is 1. The van der Waals surface area contributed by atoms with E-state index in [1.54, 1.807) is 12.3 Å². The van der Waals surface area contributed by atoms with Crippen LogP contribution >= 0.6 is 0 Å². The predicted octanol–water partition coefficient (Wildman–Crippen LogP) is 0.361. The molecule has 2 aromatic rings. The lowest BCUT2D eigenvalue weighted by Crippen LogP contribution is -2.01. The summed E-state index contributed by atoms with van der Waals surface area (Å²) in [6, 6.07) is 1.64. The van der Waals surface area contributed by atoms with Gasteiger partial charge in [0, 0.05) is 12.5 Å². The molecule has 0 radical (unpaired) electrons. The third-order valence-electron chi connectivity index (χ3n) is 1.67. The highest BCUT2D eigenvalue weighted by molar-refractivity contribution is 7.90. The van der Waals surface area contributed by atoms with Gasteiger partial charge in [0.25, 0.3) is 0 Å². The van der Waals surface area contributed by atoms with Crippen molar-refractivity contribution in [2.24, 2.45) is 0 Å². The maximum absolute atomic E-state index is 11.2. The van der Waals surface area contributed by atoms with Gasteiger partial charge in [0.1, 0.15) is 12.0 Å². The van der Waals surface area contributed by atoms with Crippen LogP contribution in [0.15, 0.2) is 23.6 Å². The van der Waals surface area contributed by atoms with Crippen LogP contribution in [0.1, 0.15) is 0 Å². The molecular weight excluding hydrogens is 190 g/mol. The summed E-state index contributed by atoms with van der Waals surface area (Å²) in [6.07, 6.45) is 3.99. The summed E-state index contributed by atoms with van der Waals surface area (Å²) >= 11 is 0. The second-order valence-corrected chi connectivity index (χ2v) is 4.62. The highest BCUT2D eigenvalue weighted by Crippen LogP contribution is 2.16. The molecule has 1 N–H and O–H groups in total. The van der Waals surface area contributed by atoms with Gasteiger partial charge in [-0.15, -0.1) is 0 Å². The molecule has 0 atom stereocenters. The first-order valence-corrected chi connectivity index (χ1v) is 5.46. The Kier molecular flexibility index (Phi) is 1.59. The van der Waals surface area contributed by atoms with Crippen molar-refractivity contribution < 1.29 is 8.42 Å². The first-order valence-electron chi connectivity index (χ1n) is 3.57. The molecule has 0 spiro atoms. The van der Waals surface area contributed by atoms with Crippen LogP contribution in [0.5, 0.6) is 0 Å². The van der Waals surface area contributed by atoms with E-state index in [0.717, 1.165) is 6.26 Å². The fraction of sp³-hybridized carbons (Fsp3) is 0.143. The van der Waals surface area contributed by atoms with Crippen molar-refractivity contribution in [1.29, 1.82) is 0 Å². The minimum Gasteiger partial charge on any atom is -0.346 e. The molecule has 0 unspecified atom stereocenters. The third kappa shape index (κ3) is 1.29. The molecule has 68 valence electrons. The van der Waals surface area contributed by atoms with E-state index in [1.807, 2.05) is 0 Å². The maximum atomic E-state index is 11.2. The zero-order valence-corrected chi connectivity index (χ0v) is 7.67. The van der Waals surface area contributed by atoms with E-state index in [1.165, 1.54) is 6.33 Å². The Hall–Kier alpha value is -1.43. The smallest absolute Gasteiger partial charge is 0.193 e. The van der Waals surface area contributed by atoms with E-state index >= 15 is 0 Å². The summed E-state index contributed by atoms with van der Waals surface area (Å²) < 4.78 is 22.5. The standard InChI is InChI=1S/C7H7N3O2S/c1-13(11,12)7-5-2-3-8-6(5)9-4-10-7/h2-4H,1H3,(H,8,9,10). The molecule has 6 heteroatoms. The normalized spacial score (nSPS) is 12.1. The molecule has 0 saturated carbocycles. The van der Waals surface area contributed by atoms with Gasteiger partial charge in [0.15, 0.2) is 14.9 Å². The van der Waals surface area contributed by atoms with Gasteiger partial charge < -0.3 is 4.98 Å². The van der Waals surface area contributed by atoms with E-state index in [4.69, 9.17) is 0 Å². The SMILES string of the molecule is CS(=O)(=O)c1ncnc2[nH]ccc12. The van der Waals surface area contributed by atoms with Crippen molar-refractivity contribution in [2.45, 2.75) is 5.03 Å². The number of nitrogens with zero attached hydrogens (tertiary/aromatic N) is 2. The van der Waals surface area contributed by atoms with Gasteiger partial charge in [-0.25, -0.2) is 18.4 Å². The lowest BCUT2D eigenvalue weighted by Gasteiger charge is -1.96. The number of fused-ring (bicyclic) bond motifs is 1. The van der Waals surface area contributed by atoms with E-state index in [0.29, 0.717) is 11.0 Å². The molecule has 0 bridgehead atoms. The number of rotatable bonds is 1. The first-order chi connectivity index (χ1) is 6.09. The second-order valence-electron chi connectivity index (χ2n) is 2.69. The number of nitrogens with one attached hydrogen (secondary N) is 1. The van der Waals surface area contributed by atoms with Gasteiger partial charge in [-0.3, -0.25) is 0 Å². The molecular formula is C7H7N3O2S. The number of sulfone groups is 1. The summed E-state index contributed by atoms with van der Waals surface area (Å²) in [7, 11) is -3.27. The lowest BCUT2D eigenvalue weighted by atomic mass is 10.4. The summed E-state index contributed by atoms with van der Waals surface area (Å²) in [5.41, 5.74) is 0.537. The predicted molar refractivity (Wildman–Crippen MR) is 47.0 cm³/mol. The Morgan fingerprint density at radius 3 is 2.85 bits per heavy atom. The maximum Gasteiger partial charge on any atom is 0.193 e. The summed E-state index contributed by atoms with van der Waals surface area (Å²) in [6.45, 7) is 0. The molecule has 13 heavy (non-hydrogen) atoms. The van der Waals surface area contributed by atoms with Crippen LogP contribution in [-0.4, -0.2) is 29.6 Å². The average Bonchev–Trinajstić information content (AvgIpc) is 2.48. The van der Waals surface area contributed by atoms with Crippen molar-refractivity contribution >= 4 is 20.9 Å². The highest BCUT2D eigenvalue weighted by Gasteiger charge is 2.13. The number of aromatic nitrogens is 3. The fourth-order valence-corrected chi connectivity index (χ4v) is 1.95. The van der Waals surface area contributed by atoms with E-state index < -0.39 is 9.84 Å². The Labute approximate surface area is 74.8 Å². The van der Waals surface area contributed by atoms with Crippen LogP contribution in [-0.2, 0) is 9.84 Å². The van der Waals surface area contributed by atoms with Crippen LogP contribution in [0.4, 0.5) is 0 Å². The van der Waals surface area contributed by atoms with Crippen LogP contribution in [0.25, 0.3) is 11.0 Å². The van der Waals surface area contributed by atoms with Gasteiger partial charge in [0.05, 0.1) is 5.39 Å². The molecule has 0 aliphatic rings. The topological polar surface area (TPSA) is 75.7 Å². The molecule has 0 aromatic carbocycles. The number of hydrogen-bond acceptors (Lipinski definition) is 4. The van der Waals surface area contributed by atoms with Crippen LogP contribution in [0.3, 0.4) is 0 Å². The number of hydrogen-bond donors (Lipinski definition) is 1. The van der Waals surface area contributed by atoms with Crippen molar-refractivity contribution in [3.63, 3.8) is 0 Å². The second kappa shape index (κ2) is 2.53. The van der Waals surface area contributed by atoms with Gasteiger partial charge >= 0.3 is 0 Å². The van der Waals surface area contributed by atoms with Gasteiger partial charge in [0.2, 0.25) is 0 Å². The van der Waals surface area contributed by atoms with Crippen LogP contribution < -0.4 is 0 Å². The Bertz CT molecular complexity index is 544. The summed E-state index contributed by atoms with van der Waals surface area (Å²) in [4.78, 5) is 10.4. The van der Waals surface area contributed by atoms with Crippen LogP contribution in [0, 0.1) is 0 Å². The molecule has 0 aliphatic carbocycles. The Balaban J connectivity index is 2.91. The van der Waals surface area contributed by atoms with Crippen LogP contribution in [0.2, 0.25) is 0 Å². The van der Waals surface area contributed by atoms with Gasteiger partial charge in [-0.1, -0.05) is 0 Å². The Morgan fingerprint density at radius 2 is 2.15 bits per heavy atom. The molecule has 0 amide bonds. The third-order valence-corrected chi connectivity index (χ3v) is 2.70. The summed E-state index contributed by atoms with van der Waals surface area (Å²) in [5.74, 6) is 0. The zero-order valence-electron chi connectivity index (χ0n) is 6.85. The molecule has 0 aliphatic heterocycles. The first kappa shape index (κ1) is 8.18. The fourth-order valence-electron chi connectivity index (χ4n) is 1.14. The molecule has 0 fully saturated rings. The van der Waals surface area contributed by atoms with E-state index in [2.05, 4.69) is 15.0 Å². The zero-order chi connectivity index (χ0) is 9.47. The van der Waals surface area contributed by atoms with E-state index in [9.17, 15) is 8.42 Å². The van der Waals surface area contributed by atoms with Gasteiger partial charge in [-0.05, 0) is 6.07 Å². The van der Waals surface area contributed by atoms with Crippen molar-refractivity contribution in [3.05, 3.63) is 18.6 Å². The molecule has 0 saturated heterocycles. The number of H-pyrrole nitrogens is 1.